The summed E-state index contributed by atoms with van der Waals surface area (Å²) in [4.78, 5) is 9.07. The molecule has 1 aliphatic rings. The molecule has 0 spiro atoms. The zero-order valence-electron chi connectivity index (χ0n) is 11.0. The van der Waals surface area contributed by atoms with Crippen molar-refractivity contribution in [1.29, 1.82) is 0 Å². The van der Waals surface area contributed by atoms with Crippen molar-refractivity contribution in [2.75, 3.05) is 0 Å². The molecule has 1 aliphatic carbocycles. The van der Waals surface area contributed by atoms with E-state index in [1.54, 1.807) is 6.20 Å². The number of nitrogens with zero attached hydrogens (tertiary/aromatic N) is 4. The van der Waals surface area contributed by atoms with E-state index in [9.17, 15) is 0 Å². The standard InChI is InChI=1S/C15H15N5/c16-11-5-12(6-11)20-9-10(7-18-20)15-8-17-13-3-1-2-4-14(13)19-15/h1-4,7-9,11-12H,5-6,16H2. The molecule has 1 fully saturated rings. The molecule has 20 heavy (non-hydrogen) atoms. The van der Waals surface area contributed by atoms with E-state index in [0.717, 1.165) is 35.1 Å². The van der Waals surface area contributed by atoms with Gasteiger partial charge in [-0.3, -0.25) is 9.67 Å². The molecule has 2 heterocycles. The Balaban J connectivity index is 1.68. The number of hydrogen-bond donors (Lipinski definition) is 1. The fourth-order valence-corrected chi connectivity index (χ4v) is 2.61. The minimum absolute atomic E-state index is 0.327. The largest absolute Gasteiger partial charge is 0.328 e. The lowest BCUT2D eigenvalue weighted by Gasteiger charge is -2.32. The van der Waals surface area contributed by atoms with Gasteiger partial charge in [0.15, 0.2) is 0 Å². The smallest absolute Gasteiger partial charge is 0.0924 e. The number of nitrogens with two attached hydrogens (primary N) is 1. The van der Waals surface area contributed by atoms with Gasteiger partial charge in [-0.25, -0.2) is 4.98 Å². The summed E-state index contributed by atoms with van der Waals surface area (Å²) in [6.07, 6.45) is 7.70. The average molecular weight is 265 g/mol. The normalized spacial score (nSPS) is 21.9. The minimum Gasteiger partial charge on any atom is -0.328 e. The Morgan fingerprint density at radius 3 is 2.70 bits per heavy atom. The van der Waals surface area contributed by atoms with Gasteiger partial charge in [0.25, 0.3) is 0 Å². The van der Waals surface area contributed by atoms with Gasteiger partial charge in [0, 0.05) is 17.8 Å². The monoisotopic (exact) mass is 265 g/mol. The number of fused-ring (bicyclic) bond motifs is 1. The van der Waals surface area contributed by atoms with E-state index in [-0.39, 0.29) is 0 Å². The molecule has 2 N–H and O–H groups in total. The van der Waals surface area contributed by atoms with Gasteiger partial charge < -0.3 is 5.73 Å². The first-order chi connectivity index (χ1) is 9.79. The predicted molar refractivity (Wildman–Crippen MR) is 77.0 cm³/mol. The topological polar surface area (TPSA) is 69.6 Å². The second-order valence-electron chi connectivity index (χ2n) is 5.34. The number of aromatic nitrogens is 4. The van der Waals surface area contributed by atoms with E-state index in [1.165, 1.54) is 0 Å². The van der Waals surface area contributed by atoms with Gasteiger partial charge in [-0.2, -0.15) is 5.10 Å². The van der Waals surface area contributed by atoms with Crippen LogP contribution in [0.5, 0.6) is 0 Å². The van der Waals surface area contributed by atoms with Gasteiger partial charge in [0.2, 0.25) is 0 Å². The molecule has 0 bridgehead atoms. The first-order valence-electron chi connectivity index (χ1n) is 6.81. The Labute approximate surface area is 116 Å². The van der Waals surface area contributed by atoms with Crippen LogP contribution < -0.4 is 5.73 Å². The van der Waals surface area contributed by atoms with Gasteiger partial charge >= 0.3 is 0 Å². The maximum absolute atomic E-state index is 5.82. The SMILES string of the molecule is NC1CC(n2cc(-c3cnc4ccccc4n3)cn2)C1. The van der Waals surface area contributed by atoms with Crippen molar-refractivity contribution in [3.05, 3.63) is 42.9 Å². The highest BCUT2D eigenvalue weighted by molar-refractivity contribution is 5.76. The van der Waals surface area contributed by atoms with E-state index >= 15 is 0 Å². The zero-order valence-corrected chi connectivity index (χ0v) is 11.0. The number of para-hydroxylation sites is 2. The van der Waals surface area contributed by atoms with Crippen LogP contribution >= 0.6 is 0 Å². The third-order valence-corrected chi connectivity index (χ3v) is 3.87. The molecule has 0 unspecified atom stereocenters. The highest BCUT2D eigenvalue weighted by Crippen LogP contribution is 2.31. The predicted octanol–water partition coefficient (Wildman–Crippen LogP) is 2.16. The van der Waals surface area contributed by atoms with E-state index in [0.29, 0.717) is 12.1 Å². The van der Waals surface area contributed by atoms with Crippen molar-refractivity contribution in [2.24, 2.45) is 5.73 Å². The van der Waals surface area contributed by atoms with Crippen molar-refractivity contribution in [3.8, 4) is 11.3 Å². The van der Waals surface area contributed by atoms with Crippen LogP contribution in [0.15, 0.2) is 42.9 Å². The second-order valence-corrected chi connectivity index (χ2v) is 5.34. The average Bonchev–Trinajstić information content (AvgIpc) is 2.93. The third-order valence-electron chi connectivity index (χ3n) is 3.87. The van der Waals surface area contributed by atoms with Gasteiger partial charge in [0.05, 0.1) is 35.2 Å². The van der Waals surface area contributed by atoms with Gasteiger partial charge in [-0.1, -0.05) is 12.1 Å². The van der Waals surface area contributed by atoms with Gasteiger partial charge in [-0.05, 0) is 25.0 Å². The number of hydrogen-bond acceptors (Lipinski definition) is 4. The fraction of sp³-hybridized carbons (Fsp3) is 0.267. The molecule has 1 aromatic carbocycles. The first kappa shape index (κ1) is 11.5. The third kappa shape index (κ3) is 1.87. The van der Waals surface area contributed by atoms with E-state index in [4.69, 9.17) is 5.73 Å². The highest BCUT2D eigenvalue weighted by Gasteiger charge is 2.28. The molecule has 0 saturated heterocycles. The molecular weight excluding hydrogens is 250 g/mol. The summed E-state index contributed by atoms with van der Waals surface area (Å²) < 4.78 is 2.00. The number of benzene rings is 1. The maximum atomic E-state index is 5.82. The van der Waals surface area contributed by atoms with Crippen LogP contribution in [0.4, 0.5) is 0 Å². The summed E-state index contributed by atoms with van der Waals surface area (Å²) in [6, 6.07) is 8.64. The van der Waals surface area contributed by atoms with Crippen LogP contribution in [-0.2, 0) is 0 Å². The Bertz CT molecular complexity index is 758. The molecule has 5 nitrogen and oxygen atoms in total. The Morgan fingerprint density at radius 2 is 1.90 bits per heavy atom. The van der Waals surface area contributed by atoms with Crippen molar-refractivity contribution >= 4 is 11.0 Å². The van der Waals surface area contributed by atoms with E-state index < -0.39 is 0 Å². The Hall–Kier alpha value is -2.27. The quantitative estimate of drug-likeness (QED) is 0.770. The second kappa shape index (κ2) is 4.38. The maximum Gasteiger partial charge on any atom is 0.0924 e. The van der Waals surface area contributed by atoms with Crippen LogP contribution in [0, 0.1) is 0 Å². The molecule has 100 valence electrons. The molecular formula is C15H15N5. The molecule has 1 saturated carbocycles. The lowest BCUT2D eigenvalue weighted by atomic mass is 9.88. The molecule has 3 aromatic rings. The fourth-order valence-electron chi connectivity index (χ4n) is 2.61. The summed E-state index contributed by atoms with van der Waals surface area (Å²) in [5, 5.41) is 4.42. The molecule has 0 amide bonds. The van der Waals surface area contributed by atoms with Crippen LogP contribution in [0.1, 0.15) is 18.9 Å². The summed E-state index contributed by atoms with van der Waals surface area (Å²) in [5.74, 6) is 0. The van der Waals surface area contributed by atoms with Crippen LogP contribution in [0.25, 0.3) is 22.3 Å². The highest BCUT2D eigenvalue weighted by atomic mass is 15.3. The van der Waals surface area contributed by atoms with E-state index in [2.05, 4.69) is 15.1 Å². The Kier molecular flexibility index (Phi) is 2.53. The molecule has 0 radical (unpaired) electrons. The molecule has 5 heteroatoms. The molecule has 2 aromatic heterocycles. The summed E-state index contributed by atoms with van der Waals surface area (Å²) >= 11 is 0. The van der Waals surface area contributed by atoms with Crippen LogP contribution in [0.2, 0.25) is 0 Å². The minimum atomic E-state index is 0.327. The van der Waals surface area contributed by atoms with Crippen molar-refractivity contribution in [3.63, 3.8) is 0 Å². The summed E-state index contributed by atoms with van der Waals surface area (Å²) in [6.45, 7) is 0. The van der Waals surface area contributed by atoms with Crippen molar-refractivity contribution in [2.45, 2.75) is 24.9 Å². The van der Waals surface area contributed by atoms with Gasteiger partial charge in [-0.15, -0.1) is 0 Å². The van der Waals surface area contributed by atoms with Crippen LogP contribution in [0.3, 0.4) is 0 Å². The lowest BCUT2D eigenvalue weighted by molar-refractivity contribution is 0.247. The molecule has 0 aliphatic heterocycles. The van der Waals surface area contributed by atoms with Crippen molar-refractivity contribution in [1.82, 2.24) is 19.7 Å². The molecule has 4 rings (SSSR count). The lowest BCUT2D eigenvalue weighted by Crippen LogP contribution is -2.37. The van der Waals surface area contributed by atoms with Crippen LogP contribution in [-0.4, -0.2) is 25.8 Å². The van der Waals surface area contributed by atoms with Crippen molar-refractivity contribution < 1.29 is 0 Å². The zero-order chi connectivity index (χ0) is 13.5. The molecule has 0 atom stereocenters. The summed E-state index contributed by atoms with van der Waals surface area (Å²) in [7, 11) is 0. The van der Waals surface area contributed by atoms with E-state index in [1.807, 2.05) is 41.3 Å². The van der Waals surface area contributed by atoms with Gasteiger partial charge in [0.1, 0.15) is 0 Å². The summed E-state index contributed by atoms with van der Waals surface area (Å²) in [5.41, 5.74) is 9.50. The Morgan fingerprint density at radius 1 is 1.10 bits per heavy atom. The number of rotatable bonds is 2. The first-order valence-corrected chi connectivity index (χ1v) is 6.81.